The van der Waals surface area contributed by atoms with Gasteiger partial charge in [-0.1, -0.05) is 6.92 Å². The van der Waals surface area contributed by atoms with Crippen LogP contribution in [0.5, 0.6) is 0 Å². The minimum Gasteiger partial charge on any atom is -0.480 e. The van der Waals surface area contributed by atoms with Crippen LogP contribution in [-0.4, -0.2) is 44.8 Å². The Balaban J connectivity index is 2.62. The van der Waals surface area contributed by atoms with Gasteiger partial charge in [-0.3, -0.25) is 5.10 Å². The van der Waals surface area contributed by atoms with Gasteiger partial charge in [-0.05, 0) is 13.3 Å². The van der Waals surface area contributed by atoms with Crippen LogP contribution in [0.15, 0.2) is 12.4 Å². The lowest BCUT2D eigenvalue weighted by Crippen LogP contribution is -2.54. The number of rotatable bonds is 5. The number of carboxylic acid groups (broad SMARTS) is 1. The van der Waals surface area contributed by atoms with E-state index in [-0.39, 0.29) is 0 Å². The fourth-order valence-electron chi connectivity index (χ4n) is 1.33. The molecule has 18 heavy (non-hydrogen) atoms. The summed E-state index contributed by atoms with van der Waals surface area (Å²) >= 11 is 0. The van der Waals surface area contributed by atoms with Crippen LogP contribution in [0.25, 0.3) is 0 Å². The van der Waals surface area contributed by atoms with Crippen molar-refractivity contribution in [2.45, 2.75) is 32.4 Å². The second kappa shape index (κ2) is 5.52. The summed E-state index contributed by atoms with van der Waals surface area (Å²) in [5.74, 6) is -1.05. The number of nitrogens with zero attached hydrogens (tertiary/aromatic N) is 2. The number of aliphatic carboxylic acids is 1. The summed E-state index contributed by atoms with van der Waals surface area (Å²) in [4.78, 5) is 24.4. The molecule has 1 atom stereocenters. The van der Waals surface area contributed by atoms with E-state index in [9.17, 15) is 9.59 Å². The molecule has 0 fully saturated rings. The number of amides is 2. The van der Waals surface area contributed by atoms with Crippen LogP contribution in [0.1, 0.15) is 25.8 Å². The number of nitrogens with one attached hydrogen (secondary N) is 2. The largest absolute Gasteiger partial charge is 0.480 e. The highest BCUT2D eigenvalue weighted by atomic mass is 16.4. The third-order valence-corrected chi connectivity index (χ3v) is 2.88. The number of aromatic nitrogens is 2. The first kappa shape index (κ1) is 14.0. The minimum absolute atomic E-state index is 0.313. The molecule has 3 N–H and O–H groups in total. The maximum atomic E-state index is 11.9. The maximum Gasteiger partial charge on any atom is 0.329 e. The summed E-state index contributed by atoms with van der Waals surface area (Å²) in [6.45, 7) is 3.56. The van der Waals surface area contributed by atoms with E-state index in [1.54, 1.807) is 26.4 Å². The van der Waals surface area contributed by atoms with E-state index in [1.165, 1.54) is 11.8 Å². The van der Waals surface area contributed by atoms with Gasteiger partial charge in [0.1, 0.15) is 5.54 Å². The van der Waals surface area contributed by atoms with Crippen molar-refractivity contribution < 1.29 is 14.7 Å². The van der Waals surface area contributed by atoms with E-state index in [2.05, 4.69) is 15.5 Å². The zero-order valence-corrected chi connectivity index (χ0v) is 10.7. The van der Waals surface area contributed by atoms with Crippen molar-refractivity contribution in [2.75, 3.05) is 7.05 Å². The molecule has 1 unspecified atom stereocenters. The highest BCUT2D eigenvalue weighted by Crippen LogP contribution is 2.10. The zero-order valence-electron chi connectivity index (χ0n) is 10.7. The predicted octanol–water partition coefficient (Wildman–Crippen LogP) is 0.804. The summed E-state index contributed by atoms with van der Waals surface area (Å²) in [6.07, 6.45) is 3.60. The van der Waals surface area contributed by atoms with Crippen LogP contribution in [0, 0.1) is 0 Å². The molecule has 1 rings (SSSR count). The molecule has 0 saturated heterocycles. The van der Waals surface area contributed by atoms with Crippen molar-refractivity contribution in [1.29, 1.82) is 0 Å². The highest BCUT2D eigenvalue weighted by molar-refractivity contribution is 5.85. The normalized spacial score (nSPS) is 13.7. The van der Waals surface area contributed by atoms with Crippen LogP contribution >= 0.6 is 0 Å². The Labute approximate surface area is 105 Å². The Morgan fingerprint density at radius 2 is 2.28 bits per heavy atom. The van der Waals surface area contributed by atoms with Crippen LogP contribution in [0.3, 0.4) is 0 Å². The first-order chi connectivity index (χ1) is 8.39. The zero-order chi connectivity index (χ0) is 13.8. The van der Waals surface area contributed by atoms with Crippen molar-refractivity contribution in [3.8, 4) is 0 Å². The first-order valence-corrected chi connectivity index (χ1v) is 5.63. The SMILES string of the molecule is CCC(C)(NC(=O)N(C)Cc1cn[nH]c1)C(=O)O. The second-order valence-corrected chi connectivity index (χ2v) is 4.38. The van der Waals surface area contributed by atoms with Gasteiger partial charge in [-0.2, -0.15) is 5.10 Å². The molecular weight excluding hydrogens is 236 g/mol. The molecular formula is C11H18N4O3. The molecule has 0 aliphatic carbocycles. The Bertz CT molecular complexity index is 418. The highest BCUT2D eigenvalue weighted by Gasteiger charge is 2.33. The van der Waals surface area contributed by atoms with Crippen molar-refractivity contribution >= 4 is 12.0 Å². The number of hydrogen-bond acceptors (Lipinski definition) is 3. The maximum absolute atomic E-state index is 11.9. The van der Waals surface area contributed by atoms with E-state index in [0.29, 0.717) is 13.0 Å². The number of carbonyl (C=O) groups excluding carboxylic acids is 1. The van der Waals surface area contributed by atoms with Gasteiger partial charge in [0.2, 0.25) is 0 Å². The van der Waals surface area contributed by atoms with Gasteiger partial charge in [-0.25, -0.2) is 9.59 Å². The minimum atomic E-state index is -1.25. The molecule has 0 radical (unpaired) electrons. The average Bonchev–Trinajstić information content (AvgIpc) is 2.81. The van der Waals surface area contributed by atoms with Crippen molar-refractivity contribution in [3.63, 3.8) is 0 Å². The van der Waals surface area contributed by atoms with Gasteiger partial charge in [0.15, 0.2) is 0 Å². The summed E-state index contributed by atoms with van der Waals surface area (Å²) < 4.78 is 0. The van der Waals surface area contributed by atoms with Crippen molar-refractivity contribution in [2.24, 2.45) is 0 Å². The number of carboxylic acids is 1. The predicted molar refractivity (Wildman–Crippen MR) is 64.9 cm³/mol. The standard InChI is InChI=1S/C11H18N4O3/c1-4-11(2,9(16)17)14-10(18)15(3)7-8-5-12-13-6-8/h5-6H,4,7H2,1-3H3,(H,12,13)(H,14,18)(H,16,17). The Morgan fingerprint density at radius 3 is 2.72 bits per heavy atom. The molecule has 2 amide bonds. The Morgan fingerprint density at radius 1 is 1.61 bits per heavy atom. The van der Waals surface area contributed by atoms with Crippen LogP contribution < -0.4 is 5.32 Å². The summed E-state index contributed by atoms with van der Waals surface area (Å²) in [7, 11) is 1.60. The molecule has 100 valence electrons. The topological polar surface area (TPSA) is 98.3 Å². The molecule has 0 aliphatic heterocycles. The number of H-pyrrole nitrogens is 1. The van der Waals surface area contributed by atoms with E-state index in [0.717, 1.165) is 5.56 Å². The van der Waals surface area contributed by atoms with Crippen LogP contribution in [-0.2, 0) is 11.3 Å². The summed E-state index contributed by atoms with van der Waals surface area (Å²) in [5, 5.41) is 18.0. The lowest BCUT2D eigenvalue weighted by atomic mass is 10.00. The molecule has 0 aromatic carbocycles. The molecule has 0 bridgehead atoms. The summed E-state index contributed by atoms with van der Waals surface area (Å²) in [5.41, 5.74) is -0.400. The van der Waals surface area contributed by atoms with E-state index < -0.39 is 17.5 Å². The van der Waals surface area contributed by atoms with E-state index in [4.69, 9.17) is 5.11 Å². The van der Waals surface area contributed by atoms with E-state index in [1.807, 2.05) is 0 Å². The lowest BCUT2D eigenvalue weighted by molar-refractivity contribution is -0.143. The summed E-state index contributed by atoms with van der Waals surface area (Å²) in [6, 6.07) is -0.428. The fraction of sp³-hybridized carbons (Fsp3) is 0.545. The number of hydrogen-bond donors (Lipinski definition) is 3. The smallest absolute Gasteiger partial charge is 0.329 e. The molecule has 1 aromatic rings. The molecule has 7 nitrogen and oxygen atoms in total. The van der Waals surface area contributed by atoms with Crippen LogP contribution in [0.2, 0.25) is 0 Å². The molecule has 0 aliphatic rings. The van der Waals surface area contributed by atoms with Gasteiger partial charge in [-0.15, -0.1) is 0 Å². The van der Waals surface area contributed by atoms with Gasteiger partial charge >= 0.3 is 12.0 Å². The first-order valence-electron chi connectivity index (χ1n) is 5.63. The quantitative estimate of drug-likeness (QED) is 0.724. The molecule has 7 heteroatoms. The van der Waals surface area contributed by atoms with Gasteiger partial charge in [0, 0.05) is 18.8 Å². The number of carbonyl (C=O) groups is 2. The molecule has 0 spiro atoms. The Hall–Kier alpha value is -2.05. The monoisotopic (exact) mass is 254 g/mol. The van der Waals surface area contributed by atoms with Gasteiger partial charge in [0.25, 0.3) is 0 Å². The second-order valence-electron chi connectivity index (χ2n) is 4.38. The Kier molecular flexibility index (Phi) is 4.30. The number of urea groups is 1. The molecule has 1 heterocycles. The third-order valence-electron chi connectivity index (χ3n) is 2.88. The van der Waals surface area contributed by atoms with Gasteiger partial charge in [0.05, 0.1) is 12.7 Å². The van der Waals surface area contributed by atoms with E-state index >= 15 is 0 Å². The molecule has 0 saturated carbocycles. The fourth-order valence-corrected chi connectivity index (χ4v) is 1.33. The van der Waals surface area contributed by atoms with Crippen molar-refractivity contribution in [1.82, 2.24) is 20.4 Å². The lowest BCUT2D eigenvalue weighted by Gasteiger charge is -2.27. The third kappa shape index (κ3) is 3.22. The van der Waals surface area contributed by atoms with Crippen molar-refractivity contribution in [3.05, 3.63) is 18.0 Å². The average molecular weight is 254 g/mol. The van der Waals surface area contributed by atoms with Crippen LogP contribution in [0.4, 0.5) is 4.79 Å². The molecule has 1 aromatic heterocycles. The number of aromatic amines is 1. The van der Waals surface area contributed by atoms with Gasteiger partial charge < -0.3 is 15.3 Å².